The number of aliphatic hydroxyl groups is 1. The molecule has 172 valence electrons. The fourth-order valence-electron chi connectivity index (χ4n) is 3.90. The summed E-state index contributed by atoms with van der Waals surface area (Å²) in [5, 5.41) is 22.0. The number of aryl methyl sites for hydroxylation is 1. The van der Waals surface area contributed by atoms with E-state index < -0.39 is 29.3 Å². The third-order valence-corrected chi connectivity index (χ3v) is 5.97. The molecule has 1 aliphatic heterocycles. The highest BCUT2D eigenvalue weighted by Crippen LogP contribution is 2.32. The Hall–Kier alpha value is -3.00. The van der Waals surface area contributed by atoms with Crippen LogP contribution in [0.1, 0.15) is 34.0 Å². The molecule has 0 bridgehead atoms. The van der Waals surface area contributed by atoms with Crippen LogP contribution in [0.15, 0.2) is 54.6 Å². The van der Waals surface area contributed by atoms with Gasteiger partial charge in [-0.15, -0.1) is 0 Å². The van der Waals surface area contributed by atoms with Gasteiger partial charge in [0.15, 0.2) is 5.82 Å². The van der Waals surface area contributed by atoms with Crippen molar-refractivity contribution < 1.29 is 28.5 Å². The molecule has 2 unspecified atom stereocenters. The number of carboxylic acid groups (broad SMARTS) is 1. The number of nitrogens with one attached hydrogen (secondary N) is 1. The zero-order valence-corrected chi connectivity index (χ0v) is 18.3. The maximum absolute atomic E-state index is 14.1. The summed E-state index contributed by atoms with van der Waals surface area (Å²) in [6, 6.07) is 14.7. The Balaban J connectivity index is 1.35. The molecule has 0 aliphatic carbocycles. The van der Waals surface area contributed by atoms with Crippen LogP contribution in [-0.2, 0) is 6.42 Å². The van der Waals surface area contributed by atoms with Gasteiger partial charge >= 0.3 is 5.97 Å². The Morgan fingerprint density at radius 2 is 1.85 bits per heavy atom. The van der Waals surface area contributed by atoms with E-state index in [1.165, 1.54) is 0 Å². The summed E-state index contributed by atoms with van der Waals surface area (Å²) in [7, 11) is 0. The minimum atomic E-state index is -1.38. The van der Waals surface area contributed by atoms with Crippen molar-refractivity contribution >= 4 is 17.6 Å². The highest BCUT2D eigenvalue weighted by Gasteiger charge is 2.23. The van der Waals surface area contributed by atoms with Crippen LogP contribution >= 0.6 is 11.6 Å². The molecule has 0 aromatic heterocycles. The Labute approximate surface area is 194 Å². The topological polar surface area (TPSA) is 78.8 Å². The van der Waals surface area contributed by atoms with Gasteiger partial charge in [0, 0.05) is 13.1 Å². The van der Waals surface area contributed by atoms with Gasteiger partial charge < -0.3 is 20.3 Å². The third-order valence-electron chi connectivity index (χ3n) is 5.68. The number of hydrogen-bond donors (Lipinski definition) is 3. The number of halogens is 3. The molecule has 0 fully saturated rings. The molecule has 0 saturated carbocycles. The van der Waals surface area contributed by atoms with E-state index in [1.807, 2.05) is 18.2 Å². The van der Waals surface area contributed by atoms with Crippen LogP contribution in [0.4, 0.5) is 8.78 Å². The molecule has 3 N–H and O–H groups in total. The fourth-order valence-corrected chi connectivity index (χ4v) is 4.07. The first-order valence-electron chi connectivity index (χ1n) is 10.5. The van der Waals surface area contributed by atoms with Gasteiger partial charge in [-0.2, -0.15) is 0 Å². The van der Waals surface area contributed by atoms with Gasteiger partial charge in [-0.25, -0.2) is 13.6 Å². The summed E-state index contributed by atoms with van der Waals surface area (Å²) in [5.41, 5.74) is 2.73. The highest BCUT2D eigenvalue weighted by molar-refractivity contribution is 6.30. The lowest BCUT2D eigenvalue weighted by molar-refractivity contribution is 0.0697. The van der Waals surface area contributed by atoms with Gasteiger partial charge in [-0.05, 0) is 65.9 Å². The van der Waals surface area contributed by atoms with Crippen molar-refractivity contribution in [2.24, 2.45) is 0 Å². The van der Waals surface area contributed by atoms with Crippen LogP contribution < -0.4 is 10.1 Å². The van der Waals surface area contributed by atoms with E-state index in [4.69, 9.17) is 21.4 Å². The summed E-state index contributed by atoms with van der Waals surface area (Å²) in [6.45, 7) is 0.352. The lowest BCUT2D eigenvalue weighted by atomic mass is 9.96. The molecule has 0 radical (unpaired) electrons. The molecule has 5 nitrogen and oxygen atoms in total. The second kappa shape index (κ2) is 9.87. The van der Waals surface area contributed by atoms with Crippen LogP contribution in [0.5, 0.6) is 5.75 Å². The Morgan fingerprint density at radius 3 is 2.58 bits per heavy atom. The number of ether oxygens (including phenoxy) is 1. The zero-order chi connectivity index (χ0) is 23.5. The standard InChI is InChI=1S/C25H22ClF2NO4/c26-19-8-9-20(27)23(24(19)28)21(30)13-29-12-18-7-5-17-11-16(6-10-22(17)33-18)14-1-3-15(4-2-14)25(31)32/h1-4,6,8-11,18,21,29-30H,5,7,12-13H2,(H,31,32). The molecule has 0 amide bonds. The zero-order valence-electron chi connectivity index (χ0n) is 17.5. The van der Waals surface area contributed by atoms with E-state index in [2.05, 4.69) is 5.32 Å². The van der Waals surface area contributed by atoms with E-state index in [0.717, 1.165) is 47.4 Å². The predicted molar refractivity (Wildman–Crippen MR) is 121 cm³/mol. The normalized spacial score (nSPS) is 16.1. The maximum Gasteiger partial charge on any atom is 0.335 e. The molecule has 0 saturated heterocycles. The minimum Gasteiger partial charge on any atom is -0.489 e. The molecule has 4 rings (SSSR count). The molecular weight excluding hydrogens is 452 g/mol. The summed E-state index contributed by atoms with van der Waals surface area (Å²) < 4.78 is 34.0. The van der Waals surface area contributed by atoms with Gasteiger partial charge in [0.05, 0.1) is 22.3 Å². The quantitative estimate of drug-likeness (QED) is 0.421. The van der Waals surface area contributed by atoms with Gasteiger partial charge in [-0.1, -0.05) is 29.8 Å². The van der Waals surface area contributed by atoms with Crippen molar-refractivity contribution in [2.75, 3.05) is 13.1 Å². The second-order valence-electron chi connectivity index (χ2n) is 7.91. The molecule has 1 aliphatic rings. The number of aliphatic hydroxyl groups excluding tert-OH is 1. The number of fused-ring (bicyclic) bond motifs is 1. The van der Waals surface area contributed by atoms with Crippen molar-refractivity contribution in [1.29, 1.82) is 0 Å². The number of rotatable bonds is 7. The van der Waals surface area contributed by atoms with Crippen molar-refractivity contribution in [3.05, 3.63) is 87.9 Å². The van der Waals surface area contributed by atoms with Crippen LogP contribution in [0.25, 0.3) is 11.1 Å². The molecule has 8 heteroatoms. The van der Waals surface area contributed by atoms with Crippen LogP contribution in [0, 0.1) is 11.6 Å². The molecule has 33 heavy (non-hydrogen) atoms. The van der Waals surface area contributed by atoms with Crippen LogP contribution in [0.3, 0.4) is 0 Å². The first kappa shape index (κ1) is 23.2. The van der Waals surface area contributed by atoms with Gasteiger partial charge in [0.2, 0.25) is 0 Å². The number of carbonyl (C=O) groups is 1. The predicted octanol–water partition coefficient (Wildman–Crippen LogP) is 5.00. The van der Waals surface area contributed by atoms with Crippen molar-refractivity contribution in [1.82, 2.24) is 5.32 Å². The summed E-state index contributed by atoms with van der Waals surface area (Å²) in [4.78, 5) is 11.0. The average molecular weight is 474 g/mol. The van der Waals surface area contributed by atoms with Gasteiger partial charge in [-0.3, -0.25) is 0 Å². The molecule has 3 aromatic rings. The molecule has 1 heterocycles. The van der Waals surface area contributed by atoms with E-state index in [1.54, 1.807) is 24.3 Å². The molecule has 0 spiro atoms. The fraction of sp³-hybridized carbons (Fsp3) is 0.240. The summed E-state index contributed by atoms with van der Waals surface area (Å²) in [6.07, 6.45) is -0.0191. The van der Waals surface area contributed by atoms with Crippen molar-refractivity contribution in [2.45, 2.75) is 25.0 Å². The first-order chi connectivity index (χ1) is 15.8. The summed E-state index contributed by atoms with van der Waals surface area (Å²) >= 11 is 5.69. The number of benzene rings is 3. The first-order valence-corrected chi connectivity index (χ1v) is 10.9. The largest absolute Gasteiger partial charge is 0.489 e. The van der Waals surface area contributed by atoms with Gasteiger partial charge in [0.25, 0.3) is 0 Å². The van der Waals surface area contributed by atoms with E-state index in [9.17, 15) is 18.7 Å². The minimum absolute atomic E-state index is 0.0494. The van der Waals surface area contributed by atoms with E-state index in [0.29, 0.717) is 6.54 Å². The van der Waals surface area contributed by atoms with Gasteiger partial charge in [0.1, 0.15) is 17.7 Å². The van der Waals surface area contributed by atoms with Crippen molar-refractivity contribution in [3.8, 4) is 16.9 Å². The average Bonchev–Trinajstić information content (AvgIpc) is 2.81. The summed E-state index contributed by atoms with van der Waals surface area (Å²) in [5.74, 6) is -2.01. The smallest absolute Gasteiger partial charge is 0.335 e. The molecule has 2 atom stereocenters. The maximum atomic E-state index is 14.1. The SMILES string of the molecule is O=C(O)c1ccc(-c2ccc3c(c2)CCC(CNCC(O)c2c(F)ccc(Cl)c2F)O3)cc1. The van der Waals surface area contributed by atoms with E-state index in [-0.39, 0.29) is 23.2 Å². The monoisotopic (exact) mass is 473 g/mol. The van der Waals surface area contributed by atoms with E-state index >= 15 is 0 Å². The lowest BCUT2D eigenvalue weighted by Gasteiger charge is -2.27. The number of carboxylic acids is 1. The Morgan fingerprint density at radius 1 is 1.12 bits per heavy atom. The highest BCUT2D eigenvalue weighted by atomic mass is 35.5. The molecule has 3 aromatic carbocycles. The van der Waals surface area contributed by atoms with Crippen LogP contribution in [0.2, 0.25) is 5.02 Å². The van der Waals surface area contributed by atoms with Crippen LogP contribution in [-0.4, -0.2) is 35.4 Å². The second-order valence-corrected chi connectivity index (χ2v) is 8.32. The Bertz CT molecular complexity index is 1170. The molecular formula is C25H22ClF2NO4. The third kappa shape index (κ3) is 5.16. The lowest BCUT2D eigenvalue weighted by Crippen LogP contribution is -2.36. The Kier molecular flexibility index (Phi) is 6.93. The van der Waals surface area contributed by atoms with Crippen molar-refractivity contribution in [3.63, 3.8) is 0 Å². The number of aromatic carboxylic acids is 1. The number of hydrogen-bond acceptors (Lipinski definition) is 4.